The van der Waals surface area contributed by atoms with Crippen LogP contribution < -0.4 is 11.1 Å². The number of pyridine rings is 2. The molecule has 0 bridgehead atoms. The zero-order valence-corrected chi connectivity index (χ0v) is 11.0. The van der Waals surface area contributed by atoms with Crippen LogP contribution in [0.5, 0.6) is 0 Å². The lowest BCUT2D eigenvalue weighted by Gasteiger charge is -2.08. The van der Waals surface area contributed by atoms with E-state index in [2.05, 4.69) is 20.4 Å². The van der Waals surface area contributed by atoms with Gasteiger partial charge in [-0.1, -0.05) is 17.3 Å². The summed E-state index contributed by atoms with van der Waals surface area (Å²) in [6, 6.07) is 9.58. The van der Waals surface area contributed by atoms with Crippen LogP contribution in [0.4, 0.5) is 0 Å². The second-order valence-electron chi connectivity index (χ2n) is 4.24. The van der Waals surface area contributed by atoms with Crippen molar-refractivity contribution in [1.29, 1.82) is 0 Å². The van der Waals surface area contributed by atoms with Gasteiger partial charge in [0.1, 0.15) is 5.69 Å². The third-order valence-corrected chi connectivity index (χ3v) is 2.84. The molecule has 0 aliphatic rings. The molecule has 2 rings (SSSR count). The smallest absolute Gasteiger partial charge is 0.189 e. The monoisotopic (exact) mass is 271 g/mol. The Morgan fingerprint density at radius 3 is 2.80 bits per heavy atom. The number of aromatic nitrogens is 2. The van der Waals surface area contributed by atoms with E-state index in [1.165, 1.54) is 0 Å². The van der Waals surface area contributed by atoms with Crippen molar-refractivity contribution in [3.8, 4) is 0 Å². The Morgan fingerprint density at radius 1 is 1.20 bits per heavy atom. The van der Waals surface area contributed by atoms with Crippen molar-refractivity contribution in [3.05, 3.63) is 59.7 Å². The predicted octanol–water partition coefficient (Wildman–Crippen LogP) is 0.903. The summed E-state index contributed by atoms with van der Waals surface area (Å²) < 4.78 is 0. The Balaban J connectivity index is 1.88. The fourth-order valence-electron chi connectivity index (χ4n) is 1.84. The molecule has 0 radical (unpaired) electrons. The van der Waals surface area contributed by atoms with Crippen LogP contribution in [-0.2, 0) is 13.0 Å². The van der Waals surface area contributed by atoms with Gasteiger partial charge in [-0.3, -0.25) is 9.97 Å². The number of nitrogens with two attached hydrogens (primary N) is 1. The van der Waals surface area contributed by atoms with Gasteiger partial charge in [-0.15, -0.1) is 0 Å². The normalized spacial score (nSPS) is 11.5. The Morgan fingerprint density at radius 2 is 2.05 bits per heavy atom. The number of oxime groups is 1. The molecule has 0 unspecified atom stereocenters. The molecule has 2 heterocycles. The van der Waals surface area contributed by atoms with Crippen LogP contribution in [0.25, 0.3) is 0 Å². The molecule has 20 heavy (non-hydrogen) atoms. The molecule has 6 nitrogen and oxygen atoms in total. The molecule has 0 atom stereocenters. The molecule has 4 N–H and O–H groups in total. The van der Waals surface area contributed by atoms with E-state index in [4.69, 9.17) is 10.9 Å². The van der Waals surface area contributed by atoms with Gasteiger partial charge >= 0.3 is 0 Å². The second kappa shape index (κ2) is 7.20. The van der Waals surface area contributed by atoms with Crippen molar-refractivity contribution in [2.45, 2.75) is 13.0 Å². The van der Waals surface area contributed by atoms with Crippen LogP contribution in [0.2, 0.25) is 0 Å². The summed E-state index contributed by atoms with van der Waals surface area (Å²) in [4.78, 5) is 8.38. The molecule has 0 fully saturated rings. The molecule has 0 spiro atoms. The molecule has 0 saturated heterocycles. The molecule has 104 valence electrons. The predicted molar refractivity (Wildman–Crippen MR) is 76.4 cm³/mol. The van der Waals surface area contributed by atoms with Crippen molar-refractivity contribution in [2.75, 3.05) is 6.54 Å². The van der Waals surface area contributed by atoms with Crippen LogP contribution in [0.1, 0.15) is 17.0 Å². The molecule has 0 saturated carbocycles. The molecule has 0 aliphatic carbocycles. The average Bonchev–Trinajstić information content (AvgIpc) is 2.52. The standard InChI is InChI=1S/C14H17N5O/c15-14(19-20)13-11(4-3-8-18-13)10-16-9-6-12-5-1-2-7-17-12/h1-5,7-8,16,20H,6,9-10H2,(H2,15,19). The van der Waals surface area contributed by atoms with E-state index >= 15 is 0 Å². The minimum atomic E-state index is 0.0205. The van der Waals surface area contributed by atoms with E-state index in [1.54, 1.807) is 12.4 Å². The maximum atomic E-state index is 8.73. The fraction of sp³-hybridized carbons (Fsp3) is 0.214. The van der Waals surface area contributed by atoms with Gasteiger partial charge in [-0.2, -0.15) is 0 Å². The summed E-state index contributed by atoms with van der Waals surface area (Å²) in [6.45, 7) is 1.40. The summed E-state index contributed by atoms with van der Waals surface area (Å²) in [7, 11) is 0. The van der Waals surface area contributed by atoms with Gasteiger partial charge < -0.3 is 16.3 Å². The topological polar surface area (TPSA) is 96.4 Å². The van der Waals surface area contributed by atoms with E-state index in [-0.39, 0.29) is 5.84 Å². The summed E-state index contributed by atoms with van der Waals surface area (Å²) in [5.74, 6) is 0.0205. The van der Waals surface area contributed by atoms with Crippen LogP contribution in [-0.4, -0.2) is 27.6 Å². The van der Waals surface area contributed by atoms with E-state index < -0.39 is 0 Å². The lowest BCUT2D eigenvalue weighted by Crippen LogP contribution is -2.22. The van der Waals surface area contributed by atoms with Crippen molar-refractivity contribution in [3.63, 3.8) is 0 Å². The quantitative estimate of drug-likeness (QED) is 0.238. The number of hydrogen-bond acceptors (Lipinski definition) is 5. The first-order valence-electron chi connectivity index (χ1n) is 6.33. The van der Waals surface area contributed by atoms with Gasteiger partial charge in [0.15, 0.2) is 5.84 Å². The van der Waals surface area contributed by atoms with Gasteiger partial charge in [0.25, 0.3) is 0 Å². The summed E-state index contributed by atoms with van der Waals surface area (Å²) in [5, 5.41) is 15.0. The van der Waals surface area contributed by atoms with Gasteiger partial charge in [0.2, 0.25) is 0 Å². The third-order valence-electron chi connectivity index (χ3n) is 2.84. The summed E-state index contributed by atoms with van der Waals surface area (Å²) in [5.41, 5.74) is 8.03. The number of amidine groups is 1. The van der Waals surface area contributed by atoms with Gasteiger partial charge in [0, 0.05) is 37.6 Å². The highest BCUT2D eigenvalue weighted by Gasteiger charge is 2.07. The minimum Gasteiger partial charge on any atom is -0.409 e. The molecular weight excluding hydrogens is 254 g/mol. The maximum absolute atomic E-state index is 8.73. The summed E-state index contributed by atoms with van der Waals surface area (Å²) >= 11 is 0. The summed E-state index contributed by atoms with van der Waals surface area (Å²) in [6.07, 6.45) is 4.25. The molecule has 0 amide bonds. The number of rotatable bonds is 6. The number of nitrogens with zero attached hydrogens (tertiary/aromatic N) is 3. The second-order valence-corrected chi connectivity index (χ2v) is 4.24. The van der Waals surface area contributed by atoms with Crippen LogP contribution in [0.3, 0.4) is 0 Å². The van der Waals surface area contributed by atoms with Crippen molar-refractivity contribution < 1.29 is 5.21 Å². The maximum Gasteiger partial charge on any atom is 0.189 e. The number of nitrogens with one attached hydrogen (secondary N) is 1. The highest BCUT2D eigenvalue weighted by atomic mass is 16.4. The van der Waals surface area contributed by atoms with Gasteiger partial charge in [-0.05, 0) is 23.8 Å². The lowest BCUT2D eigenvalue weighted by molar-refractivity contribution is 0.318. The lowest BCUT2D eigenvalue weighted by atomic mass is 10.1. The van der Waals surface area contributed by atoms with Crippen molar-refractivity contribution in [1.82, 2.24) is 15.3 Å². The average molecular weight is 271 g/mol. The van der Waals surface area contributed by atoms with E-state index in [1.807, 2.05) is 30.3 Å². The zero-order chi connectivity index (χ0) is 14.2. The van der Waals surface area contributed by atoms with Crippen molar-refractivity contribution >= 4 is 5.84 Å². The van der Waals surface area contributed by atoms with Crippen molar-refractivity contribution in [2.24, 2.45) is 10.9 Å². The van der Waals surface area contributed by atoms with E-state index in [0.717, 1.165) is 24.2 Å². The first kappa shape index (κ1) is 14.0. The van der Waals surface area contributed by atoms with Crippen LogP contribution >= 0.6 is 0 Å². The molecule has 2 aromatic rings. The highest BCUT2D eigenvalue weighted by molar-refractivity contribution is 5.96. The minimum absolute atomic E-state index is 0.0205. The fourth-order valence-corrected chi connectivity index (χ4v) is 1.84. The molecule has 0 aromatic carbocycles. The Labute approximate surface area is 117 Å². The van der Waals surface area contributed by atoms with E-state index in [9.17, 15) is 0 Å². The largest absolute Gasteiger partial charge is 0.409 e. The molecule has 6 heteroatoms. The van der Waals surface area contributed by atoms with Gasteiger partial charge in [0.05, 0.1) is 0 Å². The SMILES string of the molecule is NC(=NO)c1ncccc1CNCCc1ccccn1. The number of hydrogen-bond donors (Lipinski definition) is 3. The highest BCUT2D eigenvalue weighted by Crippen LogP contribution is 2.04. The molecule has 0 aliphatic heterocycles. The first-order valence-corrected chi connectivity index (χ1v) is 6.33. The third kappa shape index (κ3) is 3.76. The zero-order valence-electron chi connectivity index (χ0n) is 11.0. The van der Waals surface area contributed by atoms with Crippen LogP contribution in [0, 0.1) is 0 Å². The Kier molecular flexibility index (Phi) is 5.02. The Hall–Kier alpha value is -2.47. The van der Waals surface area contributed by atoms with Crippen LogP contribution in [0.15, 0.2) is 47.9 Å². The molecular formula is C14H17N5O. The Bertz CT molecular complexity index is 571. The molecule has 2 aromatic heterocycles. The van der Waals surface area contributed by atoms with E-state index in [0.29, 0.717) is 12.2 Å². The first-order chi connectivity index (χ1) is 9.81. The van der Waals surface area contributed by atoms with Gasteiger partial charge in [-0.25, -0.2) is 0 Å².